The minimum absolute atomic E-state index is 0.271. The van der Waals surface area contributed by atoms with E-state index in [1.54, 1.807) is 0 Å². The van der Waals surface area contributed by atoms with Crippen molar-refractivity contribution >= 4 is 17.7 Å². The molecule has 0 rings (SSSR count). The van der Waals surface area contributed by atoms with E-state index in [-0.39, 0.29) is 5.57 Å². The molecule has 0 aliphatic heterocycles. The highest BCUT2D eigenvalue weighted by molar-refractivity contribution is 8.03. The first kappa shape index (κ1) is 12.0. The molecular formula is C9H13NO2S. The van der Waals surface area contributed by atoms with Crippen LogP contribution in [0.15, 0.2) is 12.2 Å². The molecule has 0 heterocycles. The molecule has 0 atom stereocenters. The van der Waals surface area contributed by atoms with Gasteiger partial charge in [0.1, 0.15) is 5.40 Å². The van der Waals surface area contributed by atoms with Crippen LogP contribution >= 0.6 is 11.8 Å². The fourth-order valence-electron chi connectivity index (χ4n) is 0.842. The Balaban J connectivity index is 3.22. The topological polar surface area (TPSA) is 61.1 Å². The first-order chi connectivity index (χ1) is 6.18. The van der Waals surface area contributed by atoms with Crippen molar-refractivity contribution in [2.24, 2.45) is 0 Å². The summed E-state index contributed by atoms with van der Waals surface area (Å²) in [7, 11) is 0. The van der Waals surface area contributed by atoms with Gasteiger partial charge in [-0.05, 0) is 31.0 Å². The molecule has 0 aromatic carbocycles. The molecule has 0 saturated heterocycles. The van der Waals surface area contributed by atoms with Crippen LogP contribution in [-0.2, 0) is 4.79 Å². The molecule has 0 unspecified atom stereocenters. The molecule has 4 heteroatoms. The average Bonchev–Trinajstić information content (AvgIpc) is 2.10. The number of carbonyl (C=O) groups is 1. The van der Waals surface area contributed by atoms with E-state index in [2.05, 4.69) is 6.58 Å². The Labute approximate surface area is 82.4 Å². The highest BCUT2D eigenvalue weighted by Gasteiger charge is 2.02. The number of carboxylic acids is 1. The van der Waals surface area contributed by atoms with E-state index in [0.29, 0.717) is 6.42 Å². The molecule has 0 aromatic rings. The van der Waals surface area contributed by atoms with Crippen LogP contribution in [0.1, 0.15) is 25.7 Å². The first-order valence-electron chi connectivity index (χ1n) is 4.10. The predicted molar refractivity (Wildman–Crippen MR) is 53.3 cm³/mol. The molecule has 0 saturated carbocycles. The number of hydrogen-bond acceptors (Lipinski definition) is 3. The van der Waals surface area contributed by atoms with E-state index in [1.165, 1.54) is 11.8 Å². The van der Waals surface area contributed by atoms with Crippen molar-refractivity contribution in [2.45, 2.75) is 25.7 Å². The van der Waals surface area contributed by atoms with Gasteiger partial charge < -0.3 is 5.11 Å². The maximum absolute atomic E-state index is 10.3. The zero-order valence-electron chi connectivity index (χ0n) is 7.45. The van der Waals surface area contributed by atoms with Gasteiger partial charge in [0.2, 0.25) is 0 Å². The van der Waals surface area contributed by atoms with Crippen molar-refractivity contribution in [3.05, 3.63) is 12.2 Å². The largest absolute Gasteiger partial charge is 0.478 e. The lowest BCUT2D eigenvalue weighted by molar-refractivity contribution is -0.132. The van der Waals surface area contributed by atoms with Gasteiger partial charge in [-0.3, -0.25) is 0 Å². The van der Waals surface area contributed by atoms with Gasteiger partial charge in [-0.15, -0.1) is 0 Å². The van der Waals surface area contributed by atoms with Gasteiger partial charge in [0.25, 0.3) is 0 Å². The summed E-state index contributed by atoms with van der Waals surface area (Å²) in [5.74, 6) is -0.0813. The number of aliphatic carboxylic acids is 1. The van der Waals surface area contributed by atoms with E-state index in [1.807, 2.05) is 5.40 Å². The molecule has 0 aliphatic carbocycles. The number of thiocyanates is 1. The lowest BCUT2D eigenvalue weighted by atomic mass is 10.1. The van der Waals surface area contributed by atoms with Crippen molar-refractivity contribution in [3.63, 3.8) is 0 Å². The average molecular weight is 199 g/mol. The van der Waals surface area contributed by atoms with Crippen LogP contribution in [0.2, 0.25) is 0 Å². The van der Waals surface area contributed by atoms with Crippen LogP contribution in [0.3, 0.4) is 0 Å². The van der Waals surface area contributed by atoms with Gasteiger partial charge >= 0.3 is 5.97 Å². The molecule has 0 amide bonds. The third-order valence-corrected chi connectivity index (χ3v) is 2.21. The molecule has 1 N–H and O–H groups in total. The Morgan fingerprint density at radius 2 is 2.15 bits per heavy atom. The molecular weight excluding hydrogens is 186 g/mol. The summed E-state index contributed by atoms with van der Waals surface area (Å²) in [6, 6.07) is 0. The van der Waals surface area contributed by atoms with Crippen LogP contribution in [0.4, 0.5) is 0 Å². The second-order valence-electron chi connectivity index (χ2n) is 2.66. The third kappa shape index (κ3) is 7.41. The number of carboxylic acid groups (broad SMARTS) is 1. The Hall–Kier alpha value is -0.950. The molecule has 0 bridgehead atoms. The van der Waals surface area contributed by atoms with Crippen LogP contribution in [0.25, 0.3) is 0 Å². The number of thioether (sulfide) groups is 1. The van der Waals surface area contributed by atoms with Gasteiger partial charge in [-0.1, -0.05) is 13.0 Å². The predicted octanol–water partition coefficient (Wildman–Crippen LogP) is 2.40. The Morgan fingerprint density at radius 1 is 1.46 bits per heavy atom. The van der Waals surface area contributed by atoms with Gasteiger partial charge in [-0.25, -0.2) is 4.79 Å². The Kier molecular flexibility index (Phi) is 7.12. The summed E-state index contributed by atoms with van der Waals surface area (Å²) in [6.07, 6.45) is 3.32. The third-order valence-electron chi connectivity index (χ3n) is 1.59. The minimum Gasteiger partial charge on any atom is -0.478 e. The minimum atomic E-state index is -0.911. The zero-order chi connectivity index (χ0) is 10.1. The quantitative estimate of drug-likeness (QED) is 0.388. The van der Waals surface area contributed by atoms with Gasteiger partial charge in [0.05, 0.1) is 0 Å². The Bertz CT molecular complexity index is 220. The smallest absolute Gasteiger partial charge is 0.330 e. The molecule has 0 aliphatic rings. The zero-order valence-corrected chi connectivity index (χ0v) is 8.27. The van der Waals surface area contributed by atoms with Crippen molar-refractivity contribution in [1.29, 1.82) is 5.26 Å². The van der Waals surface area contributed by atoms with E-state index >= 15 is 0 Å². The number of rotatable bonds is 7. The summed E-state index contributed by atoms with van der Waals surface area (Å²) in [5, 5.41) is 18.7. The fourth-order valence-corrected chi connectivity index (χ4v) is 1.28. The van der Waals surface area contributed by atoms with E-state index < -0.39 is 5.97 Å². The van der Waals surface area contributed by atoms with Gasteiger partial charge in [0.15, 0.2) is 0 Å². The first-order valence-corrected chi connectivity index (χ1v) is 5.09. The lowest BCUT2D eigenvalue weighted by Crippen LogP contribution is -1.98. The SMILES string of the molecule is C=C(CCCCCSC#N)C(=O)O. The van der Waals surface area contributed by atoms with Crippen molar-refractivity contribution in [3.8, 4) is 5.40 Å². The molecule has 3 nitrogen and oxygen atoms in total. The fraction of sp³-hybridized carbons (Fsp3) is 0.556. The van der Waals surface area contributed by atoms with Crippen molar-refractivity contribution in [1.82, 2.24) is 0 Å². The second-order valence-corrected chi connectivity index (χ2v) is 3.54. The normalized spacial score (nSPS) is 9.15. The van der Waals surface area contributed by atoms with Crippen molar-refractivity contribution in [2.75, 3.05) is 5.75 Å². The van der Waals surface area contributed by atoms with E-state index in [4.69, 9.17) is 10.4 Å². The van der Waals surface area contributed by atoms with Crippen LogP contribution in [-0.4, -0.2) is 16.8 Å². The highest BCUT2D eigenvalue weighted by atomic mass is 32.2. The molecule has 0 spiro atoms. The maximum Gasteiger partial charge on any atom is 0.330 e. The maximum atomic E-state index is 10.3. The summed E-state index contributed by atoms with van der Waals surface area (Å²) in [4.78, 5) is 10.3. The second kappa shape index (κ2) is 7.69. The number of unbranched alkanes of at least 4 members (excludes halogenated alkanes) is 2. The monoisotopic (exact) mass is 199 g/mol. The summed E-state index contributed by atoms with van der Waals surface area (Å²) < 4.78 is 0. The highest BCUT2D eigenvalue weighted by Crippen LogP contribution is 2.09. The molecule has 0 aromatic heterocycles. The summed E-state index contributed by atoms with van der Waals surface area (Å²) >= 11 is 1.24. The summed E-state index contributed by atoms with van der Waals surface area (Å²) in [6.45, 7) is 3.43. The molecule has 0 fully saturated rings. The van der Waals surface area contributed by atoms with Gasteiger partial charge in [-0.2, -0.15) is 5.26 Å². The standard InChI is InChI=1S/C9H13NO2S/c1-8(9(11)12)5-3-2-4-6-13-7-10/h1-6H2,(H,11,12). The van der Waals surface area contributed by atoms with Gasteiger partial charge in [0, 0.05) is 11.3 Å². The van der Waals surface area contributed by atoms with E-state index in [9.17, 15) is 4.79 Å². The van der Waals surface area contributed by atoms with E-state index in [0.717, 1.165) is 25.0 Å². The lowest BCUT2D eigenvalue weighted by Gasteiger charge is -1.99. The van der Waals surface area contributed by atoms with Crippen molar-refractivity contribution < 1.29 is 9.90 Å². The number of hydrogen-bond donors (Lipinski definition) is 1. The number of nitriles is 1. The Morgan fingerprint density at radius 3 is 2.69 bits per heavy atom. The van der Waals surface area contributed by atoms with Crippen LogP contribution in [0, 0.1) is 10.7 Å². The molecule has 72 valence electrons. The van der Waals surface area contributed by atoms with Crippen LogP contribution < -0.4 is 0 Å². The number of nitrogens with zero attached hydrogens (tertiary/aromatic N) is 1. The molecule has 0 radical (unpaired) electrons. The summed E-state index contributed by atoms with van der Waals surface area (Å²) in [5.41, 5.74) is 0.271. The molecule has 13 heavy (non-hydrogen) atoms. The van der Waals surface area contributed by atoms with Crippen LogP contribution in [0.5, 0.6) is 0 Å².